The lowest BCUT2D eigenvalue weighted by molar-refractivity contribution is -0.692. The van der Waals surface area contributed by atoms with E-state index in [-0.39, 0.29) is 5.78 Å². The van der Waals surface area contributed by atoms with E-state index in [1.807, 2.05) is 34.5 Å². The Balaban J connectivity index is 2.32. The summed E-state index contributed by atoms with van der Waals surface area (Å²) in [6.45, 7) is 8.64. The van der Waals surface area contributed by atoms with Crippen molar-refractivity contribution in [1.82, 2.24) is 5.32 Å². The lowest BCUT2D eigenvalue weighted by Gasteiger charge is -2.15. The highest BCUT2D eigenvalue weighted by molar-refractivity contribution is 7.80. The summed E-state index contributed by atoms with van der Waals surface area (Å²) in [5, 5.41) is 5.02. The molecule has 0 aromatic carbocycles. The van der Waals surface area contributed by atoms with Crippen LogP contribution in [0.4, 0.5) is 0 Å². The van der Waals surface area contributed by atoms with Gasteiger partial charge >= 0.3 is 0 Å². The van der Waals surface area contributed by atoms with Crippen LogP contribution in [0.3, 0.4) is 0 Å². The summed E-state index contributed by atoms with van der Waals surface area (Å²) in [5.74, 6) is 0.559. The molecule has 1 N–H and O–H groups in total. The molecule has 132 valence electrons. The van der Waals surface area contributed by atoms with Crippen molar-refractivity contribution in [3.8, 4) is 0 Å². The van der Waals surface area contributed by atoms with Gasteiger partial charge in [-0.15, -0.1) is 17.9 Å². The van der Waals surface area contributed by atoms with Crippen molar-refractivity contribution < 1.29 is 9.36 Å². The average molecular weight is 374 g/mol. The van der Waals surface area contributed by atoms with Crippen LogP contribution in [-0.2, 0) is 0 Å². The zero-order valence-corrected chi connectivity index (χ0v) is 16.4. The molecule has 2 aromatic heterocycles. The zero-order chi connectivity index (χ0) is 18.2. The predicted molar refractivity (Wildman–Crippen MR) is 108 cm³/mol. The molecule has 25 heavy (non-hydrogen) atoms. The molecule has 0 saturated carbocycles. The maximum Gasteiger partial charge on any atom is 0.271 e. The molecule has 0 aliphatic carbocycles. The van der Waals surface area contributed by atoms with Gasteiger partial charge in [0.15, 0.2) is 17.4 Å². The minimum absolute atomic E-state index is 0.0110. The van der Waals surface area contributed by atoms with E-state index in [4.69, 9.17) is 12.2 Å². The lowest BCUT2D eigenvalue weighted by atomic mass is 9.95. The van der Waals surface area contributed by atoms with Gasteiger partial charge in [0.2, 0.25) is 5.78 Å². The fourth-order valence-corrected chi connectivity index (χ4v) is 3.87. The number of thiocarbonyl (C=S) groups is 1. The Morgan fingerprint density at radius 3 is 2.52 bits per heavy atom. The number of ketones is 1. The van der Waals surface area contributed by atoms with Crippen LogP contribution in [-0.4, -0.2) is 17.3 Å². The average Bonchev–Trinajstić information content (AvgIpc) is 3.17. The molecule has 2 heterocycles. The van der Waals surface area contributed by atoms with Crippen LogP contribution in [0.1, 0.15) is 53.9 Å². The molecule has 0 unspecified atom stereocenters. The summed E-state index contributed by atoms with van der Waals surface area (Å²) in [5.41, 5.74) is 1.30. The van der Waals surface area contributed by atoms with Gasteiger partial charge in [0.05, 0.1) is 4.88 Å². The topological polar surface area (TPSA) is 33.0 Å². The summed E-state index contributed by atoms with van der Waals surface area (Å²) in [6, 6.07) is 7.39. The molecule has 0 saturated heterocycles. The fraction of sp³-hybridized carbons (Fsp3) is 0.350. The van der Waals surface area contributed by atoms with E-state index >= 15 is 0 Å². The Bertz CT molecular complexity index is 704. The molecule has 0 aliphatic rings. The second kappa shape index (κ2) is 9.59. The Morgan fingerprint density at radius 2 is 2.00 bits per heavy atom. The molecule has 0 bridgehead atoms. The van der Waals surface area contributed by atoms with Gasteiger partial charge in [0.25, 0.3) is 6.04 Å². The van der Waals surface area contributed by atoms with Crippen molar-refractivity contribution >= 4 is 34.3 Å². The van der Waals surface area contributed by atoms with Gasteiger partial charge in [0, 0.05) is 18.7 Å². The van der Waals surface area contributed by atoms with E-state index in [1.54, 1.807) is 6.08 Å². The summed E-state index contributed by atoms with van der Waals surface area (Å²) in [4.78, 5) is 14.2. The Labute approximate surface area is 159 Å². The minimum Gasteiger partial charge on any atom is -0.370 e. The first-order chi connectivity index (χ1) is 12.1. The van der Waals surface area contributed by atoms with Gasteiger partial charge in [0.1, 0.15) is 0 Å². The van der Waals surface area contributed by atoms with Gasteiger partial charge < -0.3 is 5.32 Å². The number of carbonyl (C=O) groups is 1. The van der Waals surface area contributed by atoms with Gasteiger partial charge in [-0.25, -0.2) is 0 Å². The predicted octanol–water partition coefficient (Wildman–Crippen LogP) is 4.47. The second-order valence-electron chi connectivity index (χ2n) is 5.87. The van der Waals surface area contributed by atoms with E-state index in [0.29, 0.717) is 22.3 Å². The number of nitrogens with zero attached hydrogens (tertiary/aromatic N) is 1. The Hall–Kier alpha value is -1.85. The molecule has 0 fully saturated rings. The first-order valence-corrected chi connectivity index (χ1v) is 9.88. The van der Waals surface area contributed by atoms with Gasteiger partial charge in [-0.2, -0.15) is 4.57 Å². The van der Waals surface area contributed by atoms with Crippen molar-refractivity contribution in [3.05, 3.63) is 65.1 Å². The molecule has 3 nitrogen and oxygen atoms in total. The van der Waals surface area contributed by atoms with Crippen molar-refractivity contribution in [2.75, 3.05) is 6.54 Å². The Morgan fingerprint density at radius 1 is 1.32 bits per heavy atom. The van der Waals surface area contributed by atoms with Crippen molar-refractivity contribution in [3.63, 3.8) is 0 Å². The lowest BCUT2D eigenvalue weighted by Crippen LogP contribution is -2.51. The molecule has 5 heteroatoms. The van der Waals surface area contributed by atoms with Gasteiger partial charge in [-0.05, 0) is 35.8 Å². The maximum atomic E-state index is 13.0. The molecular formula is C20H25N2OS2+. The first kappa shape index (κ1) is 19.5. The molecule has 2 rings (SSSR count). The van der Waals surface area contributed by atoms with Crippen LogP contribution in [0, 0.1) is 0 Å². The number of thiophene rings is 1. The number of hydrogen-bond acceptors (Lipinski definition) is 3. The highest BCUT2D eigenvalue weighted by Gasteiger charge is 2.33. The zero-order valence-electron chi connectivity index (χ0n) is 14.8. The van der Waals surface area contributed by atoms with E-state index < -0.39 is 6.04 Å². The van der Waals surface area contributed by atoms with Crippen LogP contribution >= 0.6 is 23.6 Å². The first-order valence-electron chi connectivity index (χ1n) is 8.59. The number of hydrogen-bond donors (Lipinski definition) is 1. The van der Waals surface area contributed by atoms with Crippen LogP contribution in [0.2, 0.25) is 0 Å². The molecule has 0 amide bonds. The molecule has 0 aliphatic heterocycles. The summed E-state index contributed by atoms with van der Waals surface area (Å²) in [7, 11) is 0. The molecular weight excluding hydrogens is 348 g/mol. The number of Topliss-reactive ketones (excluding diaryl/α,β-unsaturated/α-hetero) is 1. The van der Waals surface area contributed by atoms with Crippen LogP contribution in [0.5, 0.6) is 0 Å². The van der Waals surface area contributed by atoms with Crippen molar-refractivity contribution in [1.29, 1.82) is 0 Å². The minimum atomic E-state index is -0.538. The molecule has 0 spiro atoms. The summed E-state index contributed by atoms with van der Waals surface area (Å²) >= 11 is 6.95. The number of aromatic nitrogens is 1. The van der Waals surface area contributed by atoms with Crippen LogP contribution in [0.15, 0.2) is 54.7 Å². The second-order valence-corrected chi connectivity index (χ2v) is 7.26. The standard InChI is InChI=1S/C20H24N2OS2/c1-4-11-21-20(24)18(19(23)17-8-7-14-25-17)22-12-9-16(10-13-22)15(5-2)6-3/h4,7-10,12-15,18H,1,5-6,11H2,2-3H3/p+1/t18-/m1/s1. The van der Waals surface area contributed by atoms with Gasteiger partial charge in [-0.1, -0.05) is 38.2 Å². The number of pyridine rings is 1. The Kier molecular flexibility index (Phi) is 7.47. The SMILES string of the molecule is C=CCNC(=S)[C@@H](C(=O)c1cccs1)[n+]1ccc(C(CC)CC)cc1. The van der Waals surface area contributed by atoms with Gasteiger partial charge in [-0.3, -0.25) is 4.79 Å². The largest absolute Gasteiger partial charge is 0.370 e. The molecule has 2 aromatic rings. The smallest absolute Gasteiger partial charge is 0.271 e. The summed E-state index contributed by atoms with van der Waals surface area (Å²) < 4.78 is 1.90. The molecule has 1 atom stereocenters. The van der Waals surface area contributed by atoms with E-state index in [2.05, 4.69) is 37.9 Å². The fourth-order valence-electron chi connectivity index (χ4n) is 2.87. The van der Waals surface area contributed by atoms with Crippen LogP contribution < -0.4 is 9.88 Å². The van der Waals surface area contributed by atoms with Crippen LogP contribution in [0.25, 0.3) is 0 Å². The summed E-state index contributed by atoms with van der Waals surface area (Å²) in [6.07, 6.45) is 7.88. The third kappa shape index (κ3) is 4.83. The van der Waals surface area contributed by atoms with Crippen molar-refractivity contribution in [2.24, 2.45) is 0 Å². The number of rotatable bonds is 9. The third-order valence-corrected chi connectivity index (χ3v) is 5.57. The monoisotopic (exact) mass is 373 g/mol. The quantitative estimate of drug-likeness (QED) is 0.305. The highest BCUT2D eigenvalue weighted by atomic mass is 32.1. The highest BCUT2D eigenvalue weighted by Crippen LogP contribution is 2.22. The number of carbonyl (C=O) groups excluding carboxylic acids is 1. The normalized spacial score (nSPS) is 12.0. The number of nitrogens with one attached hydrogen (secondary N) is 1. The maximum absolute atomic E-state index is 13.0. The van der Waals surface area contributed by atoms with E-state index in [0.717, 1.165) is 12.8 Å². The third-order valence-electron chi connectivity index (χ3n) is 4.31. The molecule has 0 radical (unpaired) electrons. The van der Waals surface area contributed by atoms with E-state index in [9.17, 15) is 4.79 Å². The van der Waals surface area contributed by atoms with E-state index in [1.165, 1.54) is 16.9 Å². The van der Waals surface area contributed by atoms with Crippen molar-refractivity contribution in [2.45, 2.75) is 38.6 Å².